The van der Waals surface area contributed by atoms with Crippen LogP contribution >= 0.6 is 10.7 Å². The lowest BCUT2D eigenvalue weighted by molar-refractivity contribution is 0.0428. The molecule has 0 fully saturated rings. The maximum Gasteiger partial charge on any atom is 0.234 e. The van der Waals surface area contributed by atoms with E-state index in [4.69, 9.17) is 20.2 Å². The van der Waals surface area contributed by atoms with Crippen LogP contribution in [0.15, 0.2) is 0 Å². The van der Waals surface area contributed by atoms with E-state index in [-0.39, 0.29) is 12.4 Å². The fraction of sp³-hybridized carbons (Fsp3) is 1.00. The van der Waals surface area contributed by atoms with E-state index in [0.717, 1.165) is 0 Å². The van der Waals surface area contributed by atoms with Gasteiger partial charge in [-0.05, 0) is 5.92 Å². The molecular formula is C8H17ClO4S. The van der Waals surface area contributed by atoms with Crippen LogP contribution in [0.3, 0.4) is 0 Å². The van der Waals surface area contributed by atoms with E-state index in [1.54, 1.807) is 0 Å². The van der Waals surface area contributed by atoms with Crippen LogP contribution < -0.4 is 0 Å². The van der Waals surface area contributed by atoms with Gasteiger partial charge in [-0.1, -0.05) is 13.8 Å². The lowest BCUT2D eigenvalue weighted by Crippen LogP contribution is -2.12. The van der Waals surface area contributed by atoms with Gasteiger partial charge in [0.05, 0.1) is 25.6 Å². The zero-order valence-corrected chi connectivity index (χ0v) is 10.1. The molecule has 0 amide bonds. The van der Waals surface area contributed by atoms with E-state index in [2.05, 4.69) is 13.8 Å². The topological polar surface area (TPSA) is 52.6 Å². The first kappa shape index (κ1) is 14.2. The Balaban J connectivity index is 3.15. The maximum absolute atomic E-state index is 10.5. The zero-order chi connectivity index (χ0) is 11.0. The van der Waals surface area contributed by atoms with Gasteiger partial charge in [-0.3, -0.25) is 0 Å². The number of halogens is 1. The Morgan fingerprint density at radius 1 is 1.14 bits per heavy atom. The first-order valence-corrected chi connectivity index (χ1v) is 6.97. The summed E-state index contributed by atoms with van der Waals surface area (Å²) in [6.07, 6.45) is 0. The smallest absolute Gasteiger partial charge is 0.234 e. The van der Waals surface area contributed by atoms with Gasteiger partial charge < -0.3 is 9.47 Å². The summed E-state index contributed by atoms with van der Waals surface area (Å²) in [6, 6.07) is 0. The van der Waals surface area contributed by atoms with Crippen molar-refractivity contribution in [2.24, 2.45) is 5.92 Å². The molecule has 0 atom stereocenters. The van der Waals surface area contributed by atoms with Crippen LogP contribution in [0.2, 0.25) is 0 Å². The molecule has 0 aromatic rings. The highest BCUT2D eigenvalue weighted by molar-refractivity contribution is 8.13. The van der Waals surface area contributed by atoms with Crippen molar-refractivity contribution in [2.45, 2.75) is 13.8 Å². The normalized spacial score (nSPS) is 12.3. The fourth-order valence-corrected chi connectivity index (χ4v) is 1.20. The largest absolute Gasteiger partial charge is 0.379 e. The average Bonchev–Trinajstić information content (AvgIpc) is 2.00. The van der Waals surface area contributed by atoms with Crippen LogP contribution in [0.25, 0.3) is 0 Å². The molecule has 0 radical (unpaired) electrons. The number of rotatable bonds is 8. The molecule has 0 aliphatic carbocycles. The van der Waals surface area contributed by atoms with Crippen molar-refractivity contribution in [1.82, 2.24) is 0 Å². The first-order valence-electron chi connectivity index (χ1n) is 4.49. The number of hydrogen-bond donors (Lipinski definition) is 0. The Kier molecular flexibility index (Phi) is 7.54. The third-order valence-electron chi connectivity index (χ3n) is 1.29. The molecule has 4 nitrogen and oxygen atoms in total. The summed E-state index contributed by atoms with van der Waals surface area (Å²) in [6.45, 7) is 5.82. The van der Waals surface area contributed by atoms with Gasteiger partial charge in [0.15, 0.2) is 0 Å². The third kappa shape index (κ3) is 12.2. The second-order valence-corrected chi connectivity index (χ2v) is 6.22. The van der Waals surface area contributed by atoms with E-state index >= 15 is 0 Å². The summed E-state index contributed by atoms with van der Waals surface area (Å²) in [5.74, 6) is 0.344. The summed E-state index contributed by atoms with van der Waals surface area (Å²) in [7, 11) is 1.55. The zero-order valence-electron chi connectivity index (χ0n) is 8.53. The number of ether oxygens (including phenoxy) is 2. The monoisotopic (exact) mass is 244 g/mol. The molecule has 0 aromatic heterocycles. The summed E-state index contributed by atoms with van der Waals surface area (Å²) < 4.78 is 31.1. The molecule has 14 heavy (non-hydrogen) atoms. The molecule has 0 aliphatic heterocycles. The van der Waals surface area contributed by atoms with Gasteiger partial charge in [-0.2, -0.15) is 0 Å². The quantitative estimate of drug-likeness (QED) is 0.476. The molecule has 6 heteroatoms. The summed E-state index contributed by atoms with van der Waals surface area (Å²) >= 11 is 0. The molecule has 0 rings (SSSR count). The van der Waals surface area contributed by atoms with Crippen molar-refractivity contribution in [3.63, 3.8) is 0 Å². The minimum Gasteiger partial charge on any atom is -0.379 e. The molecule has 86 valence electrons. The predicted molar refractivity (Wildman–Crippen MR) is 56.1 cm³/mol. The van der Waals surface area contributed by atoms with E-state index in [1.807, 2.05) is 0 Å². The van der Waals surface area contributed by atoms with Gasteiger partial charge in [0.25, 0.3) is 0 Å². The highest BCUT2D eigenvalue weighted by atomic mass is 35.7. The van der Waals surface area contributed by atoms with Gasteiger partial charge >= 0.3 is 0 Å². The van der Waals surface area contributed by atoms with Crippen LogP contribution in [0.4, 0.5) is 0 Å². The van der Waals surface area contributed by atoms with Gasteiger partial charge in [0, 0.05) is 17.3 Å². The van der Waals surface area contributed by atoms with Gasteiger partial charge in [-0.25, -0.2) is 8.42 Å². The molecule has 0 spiro atoms. The minimum absolute atomic E-state index is 0.122. The van der Waals surface area contributed by atoms with Crippen LogP contribution in [-0.4, -0.2) is 40.6 Å². The molecule has 0 aromatic carbocycles. The van der Waals surface area contributed by atoms with Gasteiger partial charge in [0.2, 0.25) is 9.05 Å². The fourth-order valence-electron chi connectivity index (χ4n) is 0.697. The Labute approximate surface area is 90.0 Å². The lowest BCUT2D eigenvalue weighted by atomic mass is 10.2. The van der Waals surface area contributed by atoms with Gasteiger partial charge in [-0.15, -0.1) is 0 Å². The van der Waals surface area contributed by atoms with Crippen molar-refractivity contribution in [3.8, 4) is 0 Å². The van der Waals surface area contributed by atoms with Crippen molar-refractivity contribution in [3.05, 3.63) is 0 Å². The standard InChI is InChI=1S/C8H17ClO4S/c1-8(2)7-13-4-3-12-5-6-14(9,10)11/h8H,3-7H2,1-2H3. The molecule has 0 bridgehead atoms. The molecule has 0 N–H and O–H groups in total. The predicted octanol–water partition coefficient (Wildman–Crippen LogP) is 1.24. The van der Waals surface area contributed by atoms with Crippen molar-refractivity contribution in [1.29, 1.82) is 0 Å². The van der Waals surface area contributed by atoms with Gasteiger partial charge in [0.1, 0.15) is 0 Å². The van der Waals surface area contributed by atoms with Crippen molar-refractivity contribution < 1.29 is 17.9 Å². The number of hydrogen-bond acceptors (Lipinski definition) is 4. The highest BCUT2D eigenvalue weighted by Gasteiger charge is 2.03. The molecule has 0 saturated carbocycles. The Bertz CT molecular complexity index is 225. The Morgan fingerprint density at radius 2 is 1.71 bits per heavy atom. The molecule has 0 heterocycles. The Morgan fingerprint density at radius 3 is 2.21 bits per heavy atom. The van der Waals surface area contributed by atoms with Crippen LogP contribution in [0.5, 0.6) is 0 Å². The van der Waals surface area contributed by atoms with E-state index in [0.29, 0.717) is 25.7 Å². The molecule has 0 unspecified atom stereocenters. The Hall–Kier alpha value is 0.160. The average molecular weight is 245 g/mol. The van der Waals surface area contributed by atoms with Crippen molar-refractivity contribution >= 4 is 19.7 Å². The minimum atomic E-state index is -3.42. The highest BCUT2D eigenvalue weighted by Crippen LogP contribution is 1.96. The lowest BCUT2D eigenvalue weighted by Gasteiger charge is -2.06. The van der Waals surface area contributed by atoms with Crippen molar-refractivity contribution in [2.75, 3.05) is 32.2 Å². The second-order valence-electron chi connectivity index (χ2n) is 3.32. The van der Waals surface area contributed by atoms with Crippen LogP contribution in [0, 0.1) is 5.92 Å². The molecular weight excluding hydrogens is 228 g/mol. The summed E-state index contributed by atoms with van der Waals surface area (Å²) in [5.41, 5.74) is 0. The van der Waals surface area contributed by atoms with Crippen LogP contribution in [0.1, 0.15) is 13.8 Å². The first-order chi connectivity index (χ1) is 6.42. The summed E-state index contributed by atoms with van der Waals surface area (Å²) in [4.78, 5) is 0. The summed E-state index contributed by atoms with van der Waals surface area (Å²) in [5, 5.41) is 0. The van der Waals surface area contributed by atoms with E-state index in [1.165, 1.54) is 0 Å². The van der Waals surface area contributed by atoms with E-state index < -0.39 is 9.05 Å². The maximum atomic E-state index is 10.5. The second kappa shape index (κ2) is 7.45. The molecule has 0 saturated heterocycles. The molecule has 0 aliphatic rings. The van der Waals surface area contributed by atoms with E-state index in [9.17, 15) is 8.42 Å². The van der Waals surface area contributed by atoms with Crippen LogP contribution in [-0.2, 0) is 18.5 Å². The third-order valence-corrected chi connectivity index (χ3v) is 2.41. The SMILES string of the molecule is CC(C)COCCOCCS(=O)(=O)Cl.